The SMILES string of the molecule is BrCC#CCC#CCC#CCCC1OCCO1. The van der Waals surface area contributed by atoms with Crippen LogP contribution in [0.5, 0.6) is 0 Å². The molecule has 0 aromatic carbocycles. The zero-order valence-electron chi connectivity index (χ0n) is 9.72. The van der Waals surface area contributed by atoms with Gasteiger partial charge >= 0.3 is 0 Å². The Hall–Kier alpha value is -0.920. The van der Waals surface area contributed by atoms with Crippen LogP contribution in [0.1, 0.15) is 25.7 Å². The standard InChI is InChI=1S/C14H15BrO2/c15-11-9-7-5-3-1-2-4-6-8-10-14-16-12-13-17-14/h14H,2,5,8,10-13H2. The molecule has 0 aliphatic carbocycles. The number of hydrogen-bond donors (Lipinski definition) is 0. The molecule has 0 amide bonds. The summed E-state index contributed by atoms with van der Waals surface area (Å²) >= 11 is 3.22. The lowest BCUT2D eigenvalue weighted by Gasteiger charge is -2.04. The highest BCUT2D eigenvalue weighted by Crippen LogP contribution is 2.08. The number of alkyl halides is 1. The molecule has 0 saturated carbocycles. The lowest BCUT2D eigenvalue weighted by atomic mass is 10.3. The Kier molecular flexibility index (Phi) is 8.53. The molecule has 90 valence electrons. The van der Waals surface area contributed by atoms with Crippen molar-refractivity contribution < 1.29 is 9.47 Å². The Labute approximate surface area is 112 Å². The van der Waals surface area contributed by atoms with Gasteiger partial charge in [-0.05, 0) is 0 Å². The van der Waals surface area contributed by atoms with E-state index in [9.17, 15) is 0 Å². The van der Waals surface area contributed by atoms with Crippen molar-refractivity contribution in [2.75, 3.05) is 18.5 Å². The highest BCUT2D eigenvalue weighted by molar-refractivity contribution is 9.09. The summed E-state index contributed by atoms with van der Waals surface area (Å²) in [6.45, 7) is 1.41. The third-order valence-corrected chi connectivity index (χ3v) is 2.27. The molecule has 0 radical (unpaired) electrons. The van der Waals surface area contributed by atoms with Crippen LogP contribution in [0.2, 0.25) is 0 Å². The molecule has 1 heterocycles. The monoisotopic (exact) mass is 294 g/mol. The first-order chi connectivity index (χ1) is 8.43. The van der Waals surface area contributed by atoms with E-state index in [1.807, 2.05) is 0 Å². The maximum Gasteiger partial charge on any atom is 0.158 e. The fourth-order valence-corrected chi connectivity index (χ4v) is 1.44. The minimum atomic E-state index is -0.0464. The van der Waals surface area contributed by atoms with Crippen LogP contribution >= 0.6 is 15.9 Å². The van der Waals surface area contributed by atoms with Crippen molar-refractivity contribution in [2.45, 2.75) is 32.0 Å². The van der Waals surface area contributed by atoms with Gasteiger partial charge in [0.1, 0.15) is 0 Å². The van der Waals surface area contributed by atoms with Gasteiger partial charge in [-0.1, -0.05) is 45.5 Å². The number of hydrogen-bond acceptors (Lipinski definition) is 2. The molecule has 0 bridgehead atoms. The molecule has 0 N–H and O–H groups in total. The topological polar surface area (TPSA) is 18.5 Å². The molecule has 17 heavy (non-hydrogen) atoms. The summed E-state index contributed by atoms with van der Waals surface area (Å²) < 4.78 is 10.6. The van der Waals surface area contributed by atoms with Crippen molar-refractivity contribution in [1.82, 2.24) is 0 Å². The van der Waals surface area contributed by atoms with Gasteiger partial charge in [0.25, 0.3) is 0 Å². The highest BCUT2D eigenvalue weighted by atomic mass is 79.9. The molecule has 0 spiro atoms. The smallest absolute Gasteiger partial charge is 0.158 e. The molecular weight excluding hydrogens is 280 g/mol. The normalized spacial score (nSPS) is 13.9. The number of halogens is 1. The lowest BCUT2D eigenvalue weighted by Crippen LogP contribution is -2.05. The fraction of sp³-hybridized carbons (Fsp3) is 0.571. The van der Waals surface area contributed by atoms with Crippen molar-refractivity contribution in [3.05, 3.63) is 0 Å². The van der Waals surface area contributed by atoms with E-state index in [0.29, 0.717) is 31.4 Å². The van der Waals surface area contributed by atoms with Crippen molar-refractivity contribution in [3.8, 4) is 35.5 Å². The van der Waals surface area contributed by atoms with E-state index in [1.54, 1.807) is 0 Å². The zero-order valence-corrected chi connectivity index (χ0v) is 11.3. The molecule has 3 heteroatoms. The molecule has 1 fully saturated rings. The molecule has 2 nitrogen and oxygen atoms in total. The molecule has 0 aromatic heterocycles. The van der Waals surface area contributed by atoms with Crippen molar-refractivity contribution in [2.24, 2.45) is 0 Å². The molecule has 0 aromatic rings. The van der Waals surface area contributed by atoms with Crippen LogP contribution in [0, 0.1) is 35.5 Å². The molecule has 1 rings (SSSR count). The maximum absolute atomic E-state index is 5.30. The van der Waals surface area contributed by atoms with Gasteiger partial charge in [-0.2, -0.15) is 0 Å². The summed E-state index contributed by atoms with van der Waals surface area (Å²) in [6, 6.07) is 0. The Morgan fingerprint density at radius 1 is 0.882 bits per heavy atom. The average Bonchev–Trinajstić information content (AvgIpc) is 2.85. The predicted molar refractivity (Wildman–Crippen MR) is 71.3 cm³/mol. The molecule has 1 aliphatic rings. The van der Waals surface area contributed by atoms with Crippen molar-refractivity contribution in [3.63, 3.8) is 0 Å². The van der Waals surface area contributed by atoms with Crippen molar-refractivity contribution >= 4 is 15.9 Å². The molecule has 1 saturated heterocycles. The molecule has 0 unspecified atom stereocenters. The first kappa shape index (κ1) is 14.1. The predicted octanol–water partition coefficient (Wildman–Crippen LogP) is 2.32. The van der Waals surface area contributed by atoms with Crippen LogP contribution in [-0.4, -0.2) is 24.8 Å². The summed E-state index contributed by atoms with van der Waals surface area (Å²) in [4.78, 5) is 0. The van der Waals surface area contributed by atoms with Gasteiger partial charge in [0.05, 0.1) is 31.4 Å². The Morgan fingerprint density at radius 3 is 2.12 bits per heavy atom. The summed E-state index contributed by atoms with van der Waals surface area (Å²) in [5, 5.41) is 0.708. The van der Waals surface area contributed by atoms with E-state index in [-0.39, 0.29) is 6.29 Å². The van der Waals surface area contributed by atoms with Crippen LogP contribution < -0.4 is 0 Å². The van der Waals surface area contributed by atoms with Crippen LogP contribution in [0.3, 0.4) is 0 Å². The molecule has 0 atom stereocenters. The average molecular weight is 295 g/mol. The zero-order chi connectivity index (χ0) is 12.2. The van der Waals surface area contributed by atoms with Gasteiger partial charge in [-0.3, -0.25) is 0 Å². The fourth-order valence-electron chi connectivity index (χ4n) is 1.24. The van der Waals surface area contributed by atoms with Gasteiger partial charge in [0.2, 0.25) is 0 Å². The van der Waals surface area contributed by atoms with E-state index in [2.05, 4.69) is 51.5 Å². The second-order valence-electron chi connectivity index (χ2n) is 3.26. The Morgan fingerprint density at radius 2 is 1.47 bits per heavy atom. The third-order valence-electron chi connectivity index (χ3n) is 1.99. The quantitative estimate of drug-likeness (QED) is 0.575. The minimum absolute atomic E-state index is 0.0464. The maximum atomic E-state index is 5.30. The van der Waals surface area contributed by atoms with E-state index in [1.165, 1.54) is 0 Å². The van der Waals surface area contributed by atoms with Gasteiger partial charge in [0.15, 0.2) is 6.29 Å². The highest BCUT2D eigenvalue weighted by Gasteiger charge is 2.13. The Bertz CT molecular complexity index is 378. The van der Waals surface area contributed by atoms with E-state index in [0.717, 1.165) is 12.8 Å². The van der Waals surface area contributed by atoms with Gasteiger partial charge in [-0.25, -0.2) is 0 Å². The first-order valence-corrected chi connectivity index (χ1v) is 6.72. The van der Waals surface area contributed by atoms with E-state index < -0.39 is 0 Å². The summed E-state index contributed by atoms with van der Waals surface area (Å²) in [7, 11) is 0. The van der Waals surface area contributed by atoms with Crippen LogP contribution in [0.25, 0.3) is 0 Å². The van der Waals surface area contributed by atoms with Gasteiger partial charge in [0, 0.05) is 12.8 Å². The summed E-state index contributed by atoms with van der Waals surface area (Å²) in [5.74, 6) is 17.8. The second-order valence-corrected chi connectivity index (χ2v) is 3.82. The molecule has 1 aliphatic heterocycles. The largest absolute Gasteiger partial charge is 0.350 e. The van der Waals surface area contributed by atoms with Crippen LogP contribution in [-0.2, 0) is 9.47 Å². The van der Waals surface area contributed by atoms with Crippen LogP contribution in [0.15, 0.2) is 0 Å². The minimum Gasteiger partial charge on any atom is -0.350 e. The van der Waals surface area contributed by atoms with Crippen molar-refractivity contribution in [1.29, 1.82) is 0 Å². The number of rotatable bonds is 2. The second kappa shape index (κ2) is 10.2. The third kappa shape index (κ3) is 7.89. The first-order valence-electron chi connectivity index (χ1n) is 5.60. The Balaban J connectivity index is 2.01. The van der Waals surface area contributed by atoms with E-state index >= 15 is 0 Å². The molecular formula is C14H15BrO2. The van der Waals surface area contributed by atoms with E-state index in [4.69, 9.17) is 9.47 Å². The van der Waals surface area contributed by atoms with Crippen LogP contribution in [0.4, 0.5) is 0 Å². The van der Waals surface area contributed by atoms with Gasteiger partial charge in [-0.15, -0.1) is 5.92 Å². The lowest BCUT2D eigenvalue weighted by molar-refractivity contribution is -0.0453. The summed E-state index contributed by atoms with van der Waals surface area (Å²) in [5.41, 5.74) is 0. The summed E-state index contributed by atoms with van der Waals surface area (Å²) in [6.07, 6.45) is 2.83. The number of ether oxygens (including phenoxy) is 2. The van der Waals surface area contributed by atoms with Gasteiger partial charge < -0.3 is 9.47 Å².